The molecule has 138 valence electrons. The Kier molecular flexibility index (Phi) is 6.06. The number of hydrogen-bond acceptors (Lipinski definition) is 6. The monoisotopic (exact) mass is 381 g/mol. The van der Waals surface area contributed by atoms with Crippen LogP contribution in [0.25, 0.3) is 0 Å². The number of ether oxygens (including phenoxy) is 2. The second-order valence-electron chi connectivity index (χ2n) is 5.21. The maximum Gasteiger partial charge on any atom is 0.337 e. The van der Waals surface area contributed by atoms with Crippen molar-refractivity contribution < 1.29 is 31.9 Å². The molecule has 0 fully saturated rings. The van der Waals surface area contributed by atoms with E-state index in [0.717, 1.165) is 28.6 Å². The van der Waals surface area contributed by atoms with E-state index in [0.29, 0.717) is 0 Å². The summed E-state index contributed by atoms with van der Waals surface area (Å²) in [6.45, 7) is -0.543. The van der Waals surface area contributed by atoms with Gasteiger partial charge in [-0.1, -0.05) is 0 Å². The van der Waals surface area contributed by atoms with Crippen LogP contribution < -0.4 is 4.74 Å². The van der Waals surface area contributed by atoms with Crippen molar-refractivity contribution >= 4 is 22.0 Å². The van der Waals surface area contributed by atoms with E-state index in [-0.39, 0.29) is 16.2 Å². The third kappa shape index (κ3) is 4.64. The Morgan fingerprint density at radius 2 is 1.62 bits per heavy atom. The van der Waals surface area contributed by atoms with Crippen LogP contribution in [-0.4, -0.2) is 45.4 Å². The first-order chi connectivity index (χ1) is 12.2. The van der Waals surface area contributed by atoms with Gasteiger partial charge in [-0.3, -0.25) is 4.79 Å². The number of hydrogen-bond donors (Lipinski definition) is 0. The molecular formula is C17H16FNO6S. The molecule has 9 heteroatoms. The minimum atomic E-state index is -3.96. The Morgan fingerprint density at radius 3 is 2.15 bits per heavy atom. The average Bonchev–Trinajstić information content (AvgIpc) is 2.61. The molecular weight excluding hydrogens is 365 g/mol. The highest BCUT2D eigenvalue weighted by Gasteiger charge is 2.23. The number of rotatable bonds is 6. The van der Waals surface area contributed by atoms with Gasteiger partial charge in [0.25, 0.3) is 0 Å². The molecule has 0 aliphatic heterocycles. The van der Waals surface area contributed by atoms with Gasteiger partial charge in [0, 0.05) is 7.05 Å². The summed E-state index contributed by atoms with van der Waals surface area (Å²) in [6, 6.07) is 9.85. The number of halogens is 1. The minimum absolute atomic E-state index is 0.142. The molecule has 0 aliphatic rings. The van der Waals surface area contributed by atoms with E-state index in [1.165, 1.54) is 38.4 Å². The number of methoxy groups -OCH3 is 1. The van der Waals surface area contributed by atoms with E-state index in [2.05, 4.69) is 4.74 Å². The molecule has 2 aromatic carbocycles. The molecule has 0 unspecified atom stereocenters. The van der Waals surface area contributed by atoms with Gasteiger partial charge in [-0.05, 0) is 48.5 Å². The number of carbonyl (C=O) groups excluding carboxylic acids is 2. The molecule has 0 aliphatic carbocycles. The van der Waals surface area contributed by atoms with Crippen LogP contribution >= 0.6 is 0 Å². The third-order valence-electron chi connectivity index (χ3n) is 3.38. The minimum Gasteiger partial charge on any atom is -0.465 e. The number of benzene rings is 2. The van der Waals surface area contributed by atoms with Gasteiger partial charge in [-0.25, -0.2) is 17.6 Å². The molecule has 26 heavy (non-hydrogen) atoms. The molecule has 0 radical (unpaired) electrons. The second-order valence-corrected chi connectivity index (χ2v) is 7.25. The van der Waals surface area contributed by atoms with Gasteiger partial charge >= 0.3 is 11.9 Å². The Bertz CT molecular complexity index is 894. The van der Waals surface area contributed by atoms with E-state index in [9.17, 15) is 22.4 Å². The summed E-state index contributed by atoms with van der Waals surface area (Å²) in [6.07, 6.45) is 0. The first-order valence-corrected chi connectivity index (χ1v) is 8.79. The van der Waals surface area contributed by atoms with Crippen molar-refractivity contribution in [2.75, 3.05) is 20.7 Å². The van der Waals surface area contributed by atoms with Crippen LogP contribution in [0, 0.1) is 5.82 Å². The topological polar surface area (TPSA) is 90.0 Å². The predicted molar refractivity (Wildman–Crippen MR) is 89.6 cm³/mol. The normalized spacial score (nSPS) is 11.2. The Morgan fingerprint density at radius 1 is 1.04 bits per heavy atom. The average molecular weight is 381 g/mol. The van der Waals surface area contributed by atoms with Gasteiger partial charge < -0.3 is 9.47 Å². The van der Waals surface area contributed by atoms with Crippen molar-refractivity contribution in [2.45, 2.75) is 4.90 Å². The number of carbonyl (C=O) groups is 2. The SMILES string of the molecule is COC(=O)c1ccc(OC(=O)CN(C)S(=O)(=O)c2ccc(F)cc2)cc1. The van der Waals surface area contributed by atoms with Gasteiger partial charge in [-0.15, -0.1) is 0 Å². The molecule has 7 nitrogen and oxygen atoms in total. The molecule has 0 spiro atoms. The van der Waals surface area contributed by atoms with Crippen LogP contribution in [-0.2, 0) is 19.6 Å². The molecule has 0 N–H and O–H groups in total. The zero-order valence-electron chi connectivity index (χ0n) is 14.0. The Hall–Kier alpha value is -2.78. The van der Waals surface area contributed by atoms with Crippen LogP contribution in [0.4, 0.5) is 4.39 Å². The summed E-state index contributed by atoms with van der Waals surface area (Å²) in [5.74, 6) is -1.77. The van der Waals surface area contributed by atoms with Crippen molar-refractivity contribution in [3.8, 4) is 5.75 Å². The number of nitrogens with zero attached hydrogens (tertiary/aromatic N) is 1. The summed E-state index contributed by atoms with van der Waals surface area (Å²) in [4.78, 5) is 23.1. The van der Waals surface area contributed by atoms with Crippen molar-refractivity contribution in [3.63, 3.8) is 0 Å². The third-order valence-corrected chi connectivity index (χ3v) is 5.20. The van der Waals surface area contributed by atoms with Gasteiger partial charge in [0.15, 0.2) is 0 Å². The standard InChI is InChI=1S/C17H16FNO6S/c1-19(26(22,23)15-9-5-13(18)6-10-15)11-16(20)25-14-7-3-12(4-8-14)17(21)24-2/h3-10H,11H2,1-2H3. The smallest absolute Gasteiger partial charge is 0.337 e. The summed E-state index contributed by atoms with van der Waals surface area (Å²) in [7, 11) is -1.51. The highest BCUT2D eigenvalue weighted by molar-refractivity contribution is 7.89. The van der Waals surface area contributed by atoms with Crippen LogP contribution in [0.2, 0.25) is 0 Å². The molecule has 0 amide bonds. The molecule has 0 saturated heterocycles. The van der Waals surface area contributed by atoms with Crippen molar-refractivity contribution in [2.24, 2.45) is 0 Å². The number of likely N-dealkylation sites (N-methyl/N-ethyl adjacent to an activating group) is 1. The molecule has 0 heterocycles. The summed E-state index contributed by atoms with van der Waals surface area (Å²) in [5, 5.41) is 0. The molecule has 0 aromatic heterocycles. The molecule has 2 rings (SSSR count). The second kappa shape index (κ2) is 8.07. The fourth-order valence-corrected chi connectivity index (χ4v) is 3.11. The molecule has 0 atom stereocenters. The maximum atomic E-state index is 12.9. The molecule has 0 bridgehead atoms. The zero-order valence-corrected chi connectivity index (χ0v) is 14.8. The summed E-state index contributed by atoms with van der Waals surface area (Å²) >= 11 is 0. The quantitative estimate of drug-likeness (QED) is 0.560. The summed E-state index contributed by atoms with van der Waals surface area (Å²) < 4.78 is 48.0. The lowest BCUT2D eigenvalue weighted by Crippen LogP contribution is -2.34. The Balaban J connectivity index is 2.02. The largest absolute Gasteiger partial charge is 0.465 e. The van der Waals surface area contributed by atoms with Gasteiger partial charge in [0.1, 0.15) is 18.1 Å². The molecule has 0 saturated carbocycles. The maximum absolute atomic E-state index is 12.9. The summed E-state index contributed by atoms with van der Waals surface area (Å²) in [5.41, 5.74) is 0.281. The zero-order chi connectivity index (χ0) is 19.3. The van der Waals surface area contributed by atoms with Crippen molar-refractivity contribution in [1.29, 1.82) is 0 Å². The van der Waals surface area contributed by atoms with E-state index in [4.69, 9.17) is 4.74 Å². The van der Waals surface area contributed by atoms with Crippen LogP contribution in [0.15, 0.2) is 53.4 Å². The van der Waals surface area contributed by atoms with Crippen molar-refractivity contribution in [3.05, 3.63) is 59.9 Å². The van der Waals surface area contributed by atoms with Gasteiger partial charge in [-0.2, -0.15) is 4.31 Å². The van der Waals surface area contributed by atoms with E-state index >= 15 is 0 Å². The van der Waals surface area contributed by atoms with E-state index in [1.54, 1.807) is 0 Å². The predicted octanol–water partition coefficient (Wildman–Crippen LogP) is 1.84. The number of sulfonamides is 1. The first-order valence-electron chi connectivity index (χ1n) is 7.35. The van der Waals surface area contributed by atoms with Crippen LogP contribution in [0.5, 0.6) is 5.75 Å². The Labute approximate surface area is 150 Å². The molecule has 2 aromatic rings. The highest BCUT2D eigenvalue weighted by Crippen LogP contribution is 2.16. The van der Waals surface area contributed by atoms with Gasteiger partial charge in [0.05, 0.1) is 17.6 Å². The van der Waals surface area contributed by atoms with Crippen LogP contribution in [0.3, 0.4) is 0 Å². The van der Waals surface area contributed by atoms with Gasteiger partial charge in [0.2, 0.25) is 10.0 Å². The number of esters is 2. The lowest BCUT2D eigenvalue weighted by atomic mass is 10.2. The first kappa shape index (κ1) is 19.5. The lowest BCUT2D eigenvalue weighted by molar-refractivity contribution is -0.134. The highest BCUT2D eigenvalue weighted by atomic mass is 32.2. The van der Waals surface area contributed by atoms with E-state index < -0.39 is 34.3 Å². The van der Waals surface area contributed by atoms with Crippen LogP contribution in [0.1, 0.15) is 10.4 Å². The van der Waals surface area contributed by atoms with E-state index in [1.807, 2.05) is 0 Å². The fourth-order valence-electron chi connectivity index (χ4n) is 1.99. The van der Waals surface area contributed by atoms with Crippen molar-refractivity contribution in [1.82, 2.24) is 4.31 Å². The lowest BCUT2D eigenvalue weighted by Gasteiger charge is -2.16. The fraction of sp³-hybridized carbons (Fsp3) is 0.176.